The zero-order chi connectivity index (χ0) is 23.2. The predicted octanol–water partition coefficient (Wildman–Crippen LogP) is 3.93. The first-order valence-electron chi connectivity index (χ1n) is 12.1. The molecule has 33 heavy (non-hydrogen) atoms. The number of pyridine rings is 1. The molecule has 0 radical (unpaired) electrons. The van der Waals surface area contributed by atoms with E-state index in [9.17, 15) is 9.59 Å². The summed E-state index contributed by atoms with van der Waals surface area (Å²) in [5.41, 5.74) is 1.25. The minimum absolute atomic E-state index is 0.130. The number of fused-ring (bicyclic) bond motifs is 1. The number of ether oxygens (including phenoxy) is 1. The lowest BCUT2D eigenvalue weighted by Gasteiger charge is -2.22. The number of nitrogens with one attached hydrogen (secondary N) is 2. The Morgan fingerprint density at radius 2 is 1.97 bits per heavy atom. The van der Waals surface area contributed by atoms with Crippen molar-refractivity contribution in [1.82, 2.24) is 15.6 Å². The highest BCUT2D eigenvalue weighted by atomic mass is 35.5. The second-order valence-electron chi connectivity index (χ2n) is 8.99. The van der Waals surface area contributed by atoms with Gasteiger partial charge in [-0.15, -0.1) is 0 Å². The highest BCUT2D eigenvalue weighted by molar-refractivity contribution is 6.35. The lowest BCUT2D eigenvalue weighted by Crippen LogP contribution is -2.36. The molecule has 1 aliphatic heterocycles. The third-order valence-corrected chi connectivity index (χ3v) is 6.98. The zero-order valence-corrected chi connectivity index (χ0v) is 20.0. The van der Waals surface area contributed by atoms with Gasteiger partial charge in [-0.05, 0) is 56.4 Å². The summed E-state index contributed by atoms with van der Waals surface area (Å²) in [6, 6.07) is 7.72. The molecule has 1 aromatic heterocycles. The monoisotopic (exact) mass is 472 g/mol. The van der Waals surface area contributed by atoms with Crippen molar-refractivity contribution < 1.29 is 14.3 Å². The standard InChI is InChI=1S/C25H33ClN4O3/c1-2-33-23(31)15-27-18-12-13-30(16-18)22-11-8-19-21(29-22)10-9-20(26)24(19)25(32)28-14-17-6-4-3-5-7-17/h8-11,17-18,27H,2-7,12-16H2,1H3,(H,28,32)/t18-/m0/s1. The van der Waals surface area contributed by atoms with E-state index in [0.29, 0.717) is 29.7 Å². The van der Waals surface area contributed by atoms with E-state index in [1.54, 1.807) is 13.0 Å². The summed E-state index contributed by atoms with van der Waals surface area (Å²) in [4.78, 5) is 31.6. The molecule has 178 valence electrons. The Labute approximate surface area is 200 Å². The molecule has 1 aliphatic carbocycles. The molecule has 7 nitrogen and oxygen atoms in total. The number of hydrogen-bond donors (Lipinski definition) is 2. The Kier molecular flexibility index (Phi) is 8.04. The summed E-state index contributed by atoms with van der Waals surface area (Å²) in [5.74, 6) is 1.06. The van der Waals surface area contributed by atoms with Crippen LogP contribution in [0.4, 0.5) is 5.82 Å². The fourth-order valence-electron chi connectivity index (χ4n) is 4.86. The molecule has 2 heterocycles. The Morgan fingerprint density at radius 1 is 1.15 bits per heavy atom. The van der Waals surface area contributed by atoms with Crippen molar-refractivity contribution in [2.45, 2.75) is 51.5 Å². The van der Waals surface area contributed by atoms with E-state index in [4.69, 9.17) is 21.3 Å². The quantitative estimate of drug-likeness (QED) is 0.566. The number of anilines is 1. The summed E-state index contributed by atoms with van der Waals surface area (Å²) in [5, 5.41) is 7.58. The second-order valence-corrected chi connectivity index (χ2v) is 9.40. The average molecular weight is 473 g/mol. The maximum atomic E-state index is 13.0. The van der Waals surface area contributed by atoms with Gasteiger partial charge in [0.2, 0.25) is 0 Å². The number of hydrogen-bond acceptors (Lipinski definition) is 6. The van der Waals surface area contributed by atoms with Gasteiger partial charge in [-0.2, -0.15) is 0 Å². The lowest BCUT2D eigenvalue weighted by atomic mass is 9.89. The van der Waals surface area contributed by atoms with Crippen molar-refractivity contribution in [3.63, 3.8) is 0 Å². The largest absolute Gasteiger partial charge is 0.465 e. The van der Waals surface area contributed by atoms with Crippen molar-refractivity contribution in [3.05, 3.63) is 34.9 Å². The van der Waals surface area contributed by atoms with Gasteiger partial charge in [0, 0.05) is 31.1 Å². The van der Waals surface area contributed by atoms with Crippen LogP contribution in [0, 0.1) is 5.92 Å². The van der Waals surface area contributed by atoms with E-state index in [0.717, 1.165) is 36.2 Å². The van der Waals surface area contributed by atoms with Gasteiger partial charge >= 0.3 is 5.97 Å². The molecule has 1 atom stereocenters. The van der Waals surface area contributed by atoms with Crippen molar-refractivity contribution in [1.29, 1.82) is 0 Å². The van der Waals surface area contributed by atoms with E-state index >= 15 is 0 Å². The van der Waals surface area contributed by atoms with Crippen LogP contribution in [0.1, 0.15) is 55.8 Å². The van der Waals surface area contributed by atoms with E-state index < -0.39 is 0 Å². The number of nitrogens with zero attached hydrogens (tertiary/aromatic N) is 2. The van der Waals surface area contributed by atoms with Crippen LogP contribution in [0.3, 0.4) is 0 Å². The zero-order valence-electron chi connectivity index (χ0n) is 19.2. The predicted molar refractivity (Wildman–Crippen MR) is 131 cm³/mol. The minimum Gasteiger partial charge on any atom is -0.465 e. The highest BCUT2D eigenvalue weighted by Gasteiger charge is 2.25. The van der Waals surface area contributed by atoms with Crippen LogP contribution in [-0.4, -0.2) is 55.7 Å². The molecular formula is C25H33ClN4O3. The van der Waals surface area contributed by atoms with E-state index in [-0.39, 0.29) is 24.5 Å². The highest BCUT2D eigenvalue weighted by Crippen LogP contribution is 2.29. The van der Waals surface area contributed by atoms with Crippen molar-refractivity contribution in [3.8, 4) is 0 Å². The topological polar surface area (TPSA) is 83.6 Å². The lowest BCUT2D eigenvalue weighted by molar-refractivity contribution is -0.142. The Hall–Kier alpha value is -2.38. The van der Waals surface area contributed by atoms with E-state index in [1.807, 2.05) is 18.2 Å². The van der Waals surface area contributed by atoms with Gasteiger partial charge in [0.1, 0.15) is 5.82 Å². The van der Waals surface area contributed by atoms with Crippen LogP contribution < -0.4 is 15.5 Å². The normalized spacial score (nSPS) is 19.1. The van der Waals surface area contributed by atoms with Gasteiger partial charge in [-0.1, -0.05) is 30.9 Å². The van der Waals surface area contributed by atoms with Gasteiger partial charge in [0.15, 0.2) is 0 Å². The summed E-state index contributed by atoms with van der Waals surface area (Å²) in [6.45, 7) is 4.73. The first-order valence-corrected chi connectivity index (χ1v) is 12.4. The summed E-state index contributed by atoms with van der Waals surface area (Å²) in [6.07, 6.45) is 7.08. The fourth-order valence-corrected chi connectivity index (χ4v) is 5.12. The van der Waals surface area contributed by atoms with Crippen molar-refractivity contribution in [2.75, 3.05) is 37.7 Å². The molecule has 0 spiro atoms. The molecular weight excluding hydrogens is 440 g/mol. The van der Waals surface area contributed by atoms with Crippen LogP contribution in [0.25, 0.3) is 10.9 Å². The molecule has 2 fully saturated rings. The third-order valence-electron chi connectivity index (χ3n) is 6.66. The van der Waals surface area contributed by atoms with Crippen molar-refractivity contribution >= 4 is 40.2 Å². The van der Waals surface area contributed by atoms with Gasteiger partial charge in [-0.3, -0.25) is 9.59 Å². The molecule has 0 bridgehead atoms. The first-order chi connectivity index (χ1) is 16.0. The van der Waals surface area contributed by atoms with Crippen LogP contribution in [0.15, 0.2) is 24.3 Å². The molecule has 8 heteroatoms. The third kappa shape index (κ3) is 5.95. The molecule has 2 aliphatic rings. The van der Waals surface area contributed by atoms with Crippen LogP contribution in [0.5, 0.6) is 0 Å². The van der Waals surface area contributed by atoms with Crippen LogP contribution in [-0.2, 0) is 9.53 Å². The number of aromatic nitrogens is 1. The molecule has 2 aromatic rings. The second kappa shape index (κ2) is 11.2. The van der Waals surface area contributed by atoms with Gasteiger partial charge in [0.25, 0.3) is 5.91 Å². The van der Waals surface area contributed by atoms with E-state index in [1.165, 1.54) is 32.1 Å². The van der Waals surface area contributed by atoms with Gasteiger partial charge in [-0.25, -0.2) is 4.98 Å². The van der Waals surface area contributed by atoms with E-state index in [2.05, 4.69) is 15.5 Å². The minimum atomic E-state index is -0.231. The van der Waals surface area contributed by atoms with Crippen LogP contribution >= 0.6 is 11.6 Å². The number of amides is 1. The molecule has 1 saturated carbocycles. The van der Waals surface area contributed by atoms with Gasteiger partial charge < -0.3 is 20.3 Å². The first kappa shape index (κ1) is 23.8. The van der Waals surface area contributed by atoms with Gasteiger partial charge in [0.05, 0.1) is 29.3 Å². The van der Waals surface area contributed by atoms with Crippen molar-refractivity contribution in [2.24, 2.45) is 5.92 Å². The number of esters is 1. The summed E-state index contributed by atoms with van der Waals surface area (Å²) >= 11 is 6.44. The molecule has 0 unspecified atom stereocenters. The molecule has 1 amide bonds. The molecule has 1 aromatic carbocycles. The Morgan fingerprint density at radius 3 is 2.76 bits per heavy atom. The number of halogens is 1. The number of carbonyl (C=O) groups excluding carboxylic acids is 2. The average Bonchev–Trinajstić information content (AvgIpc) is 3.31. The SMILES string of the molecule is CCOC(=O)CN[C@H]1CCN(c2ccc3c(C(=O)NCC4CCCCC4)c(Cl)ccc3n2)C1. The summed E-state index contributed by atoms with van der Waals surface area (Å²) in [7, 11) is 0. The smallest absolute Gasteiger partial charge is 0.319 e. The molecule has 1 saturated heterocycles. The molecule has 2 N–H and O–H groups in total. The number of rotatable bonds is 8. The van der Waals surface area contributed by atoms with Crippen LogP contribution in [0.2, 0.25) is 5.02 Å². The summed E-state index contributed by atoms with van der Waals surface area (Å²) < 4.78 is 4.98. The Balaban J connectivity index is 1.42. The Bertz CT molecular complexity index is 993. The maximum Gasteiger partial charge on any atom is 0.319 e. The number of benzene rings is 1. The fraction of sp³-hybridized carbons (Fsp3) is 0.560. The molecule has 4 rings (SSSR count). The maximum absolute atomic E-state index is 13.0. The number of carbonyl (C=O) groups is 2.